The van der Waals surface area contributed by atoms with Crippen molar-refractivity contribution < 1.29 is 13.1 Å². The highest BCUT2D eigenvalue weighted by molar-refractivity contribution is 8.07. The van der Waals surface area contributed by atoms with Gasteiger partial charge in [0.2, 0.25) is 0 Å². The van der Waals surface area contributed by atoms with Crippen LogP contribution in [-0.4, -0.2) is 13.2 Å². The zero-order valence-corrected chi connectivity index (χ0v) is 9.05. The van der Waals surface area contributed by atoms with E-state index in [-0.39, 0.29) is 0 Å². The summed E-state index contributed by atoms with van der Waals surface area (Å²) in [4.78, 5) is 0. The van der Waals surface area contributed by atoms with Gasteiger partial charge in [0.25, 0.3) is 0 Å². The Kier molecular flexibility index (Phi) is 6.82. The van der Waals surface area contributed by atoms with Gasteiger partial charge in [0, 0.05) is 0 Å². The Morgan fingerprint density at radius 3 is 2.36 bits per heavy atom. The van der Waals surface area contributed by atoms with Gasteiger partial charge >= 0.3 is 6.72 Å². The molecular formula is C5H12ClO3PS. The van der Waals surface area contributed by atoms with E-state index < -0.39 is 6.72 Å². The summed E-state index contributed by atoms with van der Waals surface area (Å²) in [5.74, 6) is 0. The van der Waals surface area contributed by atoms with Crippen LogP contribution < -0.4 is 0 Å². The molecule has 0 aromatic rings. The molecule has 3 nitrogen and oxygen atoms in total. The average molecular weight is 219 g/mol. The van der Waals surface area contributed by atoms with E-state index in [0.717, 1.165) is 6.42 Å². The maximum Gasteiger partial charge on any atom is 0.343 e. The predicted molar refractivity (Wildman–Crippen MR) is 49.1 cm³/mol. The Labute approximate surface area is 77.4 Å². The lowest BCUT2D eigenvalue weighted by Crippen LogP contribution is -1.95. The Morgan fingerprint density at radius 1 is 1.36 bits per heavy atom. The van der Waals surface area contributed by atoms with Gasteiger partial charge in [0.15, 0.2) is 0 Å². The van der Waals surface area contributed by atoms with Crippen molar-refractivity contribution in [3.05, 3.63) is 0 Å². The molecule has 1 atom stereocenters. The minimum atomic E-state index is -2.62. The van der Waals surface area contributed by atoms with Crippen LogP contribution in [0.25, 0.3) is 0 Å². The summed E-state index contributed by atoms with van der Waals surface area (Å²) >= 11 is 10.00. The first-order chi connectivity index (χ1) is 5.18. The summed E-state index contributed by atoms with van der Waals surface area (Å²) in [6, 6.07) is 0. The smallest absolute Gasteiger partial charge is 0.308 e. The van der Waals surface area contributed by atoms with E-state index in [1.807, 2.05) is 13.8 Å². The molecule has 6 heteroatoms. The van der Waals surface area contributed by atoms with E-state index in [0.29, 0.717) is 13.2 Å². The van der Waals surface area contributed by atoms with Crippen molar-refractivity contribution in [2.75, 3.05) is 13.2 Å². The van der Waals surface area contributed by atoms with Crippen molar-refractivity contribution in [1.82, 2.24) is 0 Å². The SMILES string of the molecule is CCCOP(=S)(OCl)OCC. The van der Waals surface area contributed by atoms with Crippen LogP contribution >= 0.6 is 18.6 Å². The van der Waals surface area contributed by atoms with Crippen LogP contribution in [0.4, 0.5) is 0 Å². The quantitative estimate of drug-likeness (QED) is 0.641. The summed E-state index contributed by atoms with van der Waals surface area (Å²) in [5.41, 5.74) is 0. The van der Waals surface area contributed by atoms with Gasteiger partial charge in [-0.15, -0.1) is 0 Å². The van der Waals surface area contributed by atoms with Crippen LogP contribution in [0.1, 0.15) is 20.3 Å². The van der Waals surface area contributed by atoms with Crippen LogP contribution in [0.15, 0.2) is 0 Å². The third kappa shape index (κ3) is 5.12. The van der Waals surface area contributed by atoms with Gasteiger partial charge in [-0.25, -0.2) is 0 Å². The van der Waals surface area contributed by atoms with Crippen LogP contribution in [0.2, 0.25) is 0 Å². The van der Waals surface area contributed by atoms with Crippen molar-refractivity contribution in [2.24, 2.45) is 0 Å². The summed E-state index contributed by atoms with van der Waals surface area (Å²) < 4.78 is 14.6. The van der Waals surface area contributed by atoms with E-state index in [9.17, 15) is 0 Å². The maximum absolute atomic E-state index is 5.12. The first kappa shape index (κ1) is 11.8. The molecular weight excluding hydrogens is 207 g/mol. The van der Waals surface area contributed by atoms with Crippen LogP contribution in [0.5, 0.6) is 0 Å². The molecule has 0 saturated carbocycles. The molecule has 0 radical (unpaired) electrons. The standard InChI is InChI=1S/C5H12ClO3PS/c1-3-5-8-10(11,9-6)7-4-2/h3-5H2,1-2H3. The summed E-state index contributed by atoms with van der Waals surface area (Å²) in [5, 5.41) is 0. The zero-order valence-electron chi connectivity index (χ0n) is 6.58. The topological polar surface area (TPSA) is 27.7 Å². The fraction of sp³-hybridized carbons (Fsp3) is 1.00. The molecule has 0 aromatic carbocycles. The Hall–Kier alpha value is 0.820. The van der Waals surface area contributed by atoms with E-state index in [1.165, 1.54) is 0 Å². The van der Waals surface area contributed by atoms with Gasteiger partial charge in [0.1, 0.15) is 0 Å². The van der Waals surface area contributed by atoms with Crippen molar-refractivity contribution in [2.45, 2.75) is 20.3 Å². The van der Waals surface area contributed by atoms with Crippen molar-refractivity contribution >= 4 is 30.4 Å². The second-order valence-electron chi connectivity index (χ2n) is 1.77. The monoisotopic (exact) mass is 218 g/mol. The van der Waals surface area contributed by atoms with Crippen LogP contribution in [0.3, 0.4) is 0 Å². The largest absolute Gasteiger partial charge is 0.343 e. The van der Waals surface area contributed by atoms with Gasteiger partial charge in [-0.05, 0) is 25.2 Å². The fourth-order valence-electron chi connectivity index (χ4n) is 0.438. The summed E-state index contributed by atoms with van der Waals surface area (Å²) in [6.07, 6.45) is 0.867. The first-order valence-corrected chi connectivity index (χ1v) is 6.24. The van der Waals surface area contributed by atoms with E-state index >= 15 is 0 Å². The van der Waals surface area contributed by atoms with Gasteiger partial charge in [0.05, 0.1) is 25.1 Å². The molecule has 0 N–H and O–H groups in total. The van der Waals surface area contributed by atoms with E-state index in [1.54, 1.807) is 0 Å². The molecule has 68 valence electrons. The third-order valence-electron chi connectivity index (χ3n) is 0.825. The highest BCUT2D eigenvalue weighted by atomic mass is 35.5. The normalized spacial score (nSPS) is 16.3. The lowest BCUT2D eigenvalue weighted by atomic mass is 10.5. The number of hydrogen-bond donors (Lipinski definition) is 0. The maximum atomic E-state index is 5.12. The molecule has 0 spiro atoms. The molecule has 0 aliphatic carbocycles. The lowest BCUT2D eigenvalue weighted by Gasteiger charge is -2.15. The molecule has 0 fully saturated rings. The van der Waals surface area contributed by atoms with Gasteiger partial charge < -0.3 is 9.05 Å². The zero-order chi connectivity index (χ0) is 8.74. The van der Waals surface area contributed by atoms with E-state index in [4.69, 9.17) is 32.7 Å². The van der Waals surface area contributed by atoms with Gasteiger partial charge in [-0.1, -0.05) is 6.92 Å². The Balaban J connectivity index is 3.79. The third-order valence-corrected chi connectivity index (χ3v) is 3.71. The minimum absolute atomic E-state index is 0.452. The van der Waals surface area contributed by atoms with Crippen LogP contribution in [0, 0.1) is 0 Å². The average Bonchev–Trinajstić information content (AvgIpc) is 2.02. The molecule has 0 bridgehead atoms. The number of halogens is 1. The molecule has 0 saturated heterocycles. The molecule has 1 unspecified atom stereocenters. The van der Waals surface area contributed by atoms with Crippen molar-refractivity contribution in [3.8, 4) is 0 Å². The lowest BCUT2D eigenvalue weighted by molar-refractivity contribution is 0.214. The molecule has 0 aromatic heterocycles. The molecule has 11 heavy (non-hydrogen) atoms. The Morgan fingerprint density at radius 2 is 2.00 bits per heavy atom. The minimum Gasteiger partial charge on any atom is -0.308 e. The second kappa shape index (κ2) is 6.35. The molecule has 0 heterocycles. The van der Waals surface area contributed by atoms with Gasteiger partial charge in [-0.3, -0.25) is 0 Å². The number of hydrogen-bond acceptors (Lipinski definition) is 4. The molecule has 0 aliphatic rings. The molecule has 0 amide bonds. The highest BCUT2D eigenvalue weighted by Crippen LogP contribution is 2.50. The van der Waals surface area contributed by atoms with Crippen LogP contribution in [-0.2, 0) is 24.9 Å². The predicted octanol–water partition coefficient (Wildman–Crippen LogP) is 2.84. The molecule has 0 aliphatic heterocycles. The van der Waals surface area contributed by atoms with Crippen molar-refractivity contribution in [3.63, 3.8) is 0 Å². The number of rotatable bonds is 6. The fourth-order valence-corrected chi connectivity index (χ4v) is 2.09. The van der Waals surface area contributed by atoms with Gasteiger partial charge in [-0.2, -0.15) is 4.08 Å². The summed E-state index contributed by atoms with van der Waals surface area (Å²) in [6.45, 7) is 2.14. The molecule has 0 rings (SSSR count). The highest BCUT2D eigenvalue weighted by Gasteiger charge is 2.18. The second-order valence-corrected chi connectivity index (χ2v) is 5.07. The Bertz CT molecular complexity index is 144. The van der Waals surface area contributed by atoms with E-state index in [2.05, 4.69) is 4.08 Å². The van der Waals surface area contributed by atoms with Crippen molar-refractivity contribution in [1.29, 1.82) is 0 Å². The first-order valence-electron chi connectivity index (χ1n) is 3.38. The summed E-state index contributed by atoms with van der Waals surface area (Å²) in [7, 11) is 0.